The lowest BCUT2D eigenvalue weighted by Gasteiger charge is -2.21. The van der Waals surface area contributed by atoms with Crippen LogP contribution < -0.4 is 14.8 Å². The first-order valence-corrected chi connectivity index (χ1v) is 12.6. The zero-order chi connectivity index (χ0) is 24.3. The van der Waals surface area contributed by atoms with Crippen LogP contribution in [0.2, 0.25) is 0 Å². The number of carbonyl (C=O) groups is 1. The summed E-state index contributed by atoms with van der Waals surface area (Å²) in [4.78, 5) is 17.7. The van der Waals surface area contributed by atoms with Crippen LogP contribution in [-0.4, -0.2) is 24.1 Å². The first-order chi connectivity index (χ1) is 16.6. The smallest absolute Gasteiger partial charge is 0.265 e. The summed E-state index contributed by atoms with van der Waals surface area (Å²) in [5.74, 6) is 1.65. The summed E-state index contributed by atoms with van der Waals surface area (Å²) in [6.07, 6.45) is 10.3. The molecule has 0 aliphatic carbocycles. The van der Waals surface area contributed by atoms with Gasteiger partial charge in [0.2, 0.25) is 0 Å². The highest BCUT2D eigenvalue weighted by atomic mass is 16.5. The molecule has 1 aromatic heterocycles. The molecule has 1 amide bonds. The van der Waals surface area contributed by atoms with Gasteiger partial charge in [0, 0.05) is 17.8 Å². The highest BCUT2D eigenvalue weighted by Gasteiger charge is 2.23. The molecule has 5 heteroatoms. The Balaban J connectivity index is 1.80. The third kappa shape index (κ3) is 6.72. The fraction of sp³-hybridized carbons (Fsp3) is 0.448. The van der Waals surface area contributed by atoms with Crippen LogP contribution in [-0.2, 0) is 4.79 Å². The number of benzene rings is 2. The van der Waals surface area contributed by atoms with Gasteiger partial charge in [0.1, 0.15) is 11.5 Å². The normalized spacial score (nSPS) is 12.8. The summed E-state index contributed by atoms with van der Waals surface area (Å²) < 4.78 is 11.8. The topological polar surface area (TPSA) is 60.5 Å². The minimum Gasteiger partial charge on any atom is -0.495 e. The average Bonchev–Trinajstić information content (AvgIpc) is 2.88. The zero-order valence-electron chi connectivity index (χ0n) is 21.0. The Labute approximate surface area is 203 Å². The molecule has 182 valence electrons. The number of pyridine rings is 1. The van der Waals surface area contributed by atoms with Crippen molar-refractivity contribution in [2.75, 3.05) is 12.4 Å². The highest BCUT2D eigenvalue weighted by molar-refractivity contribution is 6.05. The molecule has 0 saturated carbocycles. The molecule has 1 heterocycles. The van der Waals surface area contributed by atoms with Crippen molar-refractivity contribution in [2.45, 2.75) is 77.7 Å². The Morgan fingerprint density at radius 2 is 1.76 bits per heavy atom. The van der Waals surface area contributed by atoms with Crippen molar-refractivity contribution in [1.29, 1.82) is 0 Å². The van der Waals surface area contributed by atoms with E-state index in [1.54, 1.807) is 19.5 Å². The second kappa shape index (κ2) is 13.0. The number of rotatable bonds is 13. The first kappa shape index (κ1) is 25.5. The number of fused-ring (bicyclic) bond motifs is 1. The number of aromatic nitrogens is 1. The lowest BCUT2D eigenvalue weighted by atomic mass is 9.99. The molecule has 1 N–H and O–H groups in total. The zero-order valence-corrected chi connectivity index (χ0v) is 21.0. The van der Waals surface area contributed by atoms with Crippen LogP contribution in [0.15, 0.2) is 54.9 Å². The van der Waals surface area contributed by atoms with Crippen LogP contribution >= 0.6 is 0 Å². The predicted molar refractivity (Wildman–Crippen MR) is 140 cm³/mol. The summed E-state index contributed by atoms with van der Waals surface area (Å²) in [5.41, 5.74) is 1.91. The van der Waals surface area contributed by atoms with E-state index in [1.807, 2.05) is 30.3 Å². The molecule has 0 radical (unpaired) electrons. The molecule has 0 bridgehead atoms. The van der Waals surface area contributed by atoms with Gasteiger partial charge in [0.25, 0.3) is 5.91 Å². The minimum atomic E-state index is -0.590. The molecule has 0 saturated heterocycles. The van der Waals surface area contributed by atoms with Gasteiger partial charge < -0.3 is 14.8 Å². The molecule has 2 aromatic carbocycles. The Morgan fingerprint density at radius 1 is 1.00 bits per heavy atom. The van der Waals surface area contributed by atoms with E-state index >= 15 is 0 Å². The van der Waals surface area contributed by atoms with E-state index in [0.29, 0.717) is 29.5 Å². The van der Waals surface area contributed by atoms with Crippen LogP contribution in [0.25, 0.3) is 10.8 Å². The van der Waals surface area contributed by atoms with Crippen molar-refractivity contribution < 1.29 is 14.3 Å². The van der Waals surface area contributed by atoms with E-state index in [-0.39, 0.29) is 5.91 Å². The van der Waals surface area contributed by atoms with Crippen molar-refractivity contribution >= 4 is 22.4 Å². The van der Waals surface area contributed by atoms with E-state index < -0.39 is 6.10 Å². The Bertz CT molecular complexity index is 1050. The van der Waals surface area contributed by atoms with Gasteiger partial charge in [-0.15, -0.1) is 0 Å². The molecule has 5 nitrogen and oxygen atoms in total. The standard InChI is InChI=1S/C29H38N2O3/c1-5-7-8-9-10-11-27(34-24-15-12-22(13-16-24)21(3)6-2)29(32)31-28-25-20-30-19-18-23(25)14-17-26(28)33-4/h12-21,27H,5-11H2,1-4H3,(H,31,32). The molecule has 0 spiro atoms. The van der Waals surface area contributed by atoms with Crippen LogP contribution in [0.5, 0.6) is 11.5 Å². The minimum absolute atomic E-state index is 0.170. The third-order valence-electron chi connectivity index (χ3n) is 6.46. The fourth-order valence-corrected chi connectivity index (χ4v) is 4.10. The number of anilines is 1. The van der Waals surface area contributed by atoms with Gasteiger partial charge in [-0.2, -0.15) is 0 Å². The number of ether oxygens (including phenoxy) is 2. The van der Waals surface area contributed by atoms with Gasteiger partial charge in [-0.3, -0.25) is 9.78 Å². The third-order valence-corrected chi connectivity index (χ3v) is 6.46. The lowest BCUT2D eigenvalue weighted by molar-refractivity contribution is -0.123. The quantitative estimate of drug-likeness (QED) is 0.267. The molecule has 0 aliphatic rings. The van der Waals surface area contributed by atoms with Crippen molar-refractivity contribution in [1.82, 2.24) is 4.98 Å². The number of hydrogen-bond acceptors (Lipinski definition) is 4. The van der Waals surface area contributed by atoms with Crippen molar-refractivity contribution in [2.24, 2.45) is 0 Å². The van der Waals surface area contributed by atoms with Crippen LogP contribution in [0, 0.1) is 0 Å². The second-order valence-electron chi connectivity index (χ2n) is 8.92. The van der Waals surface area contributed by atoms with E-state index in [4.69, 9.17) is 9.47 Å². The van der Waals surface area contributed by atoms with Crippen molar-refractivity contribution in [3.63, 3.8) is 0 Å². The maximum absolute atomic E-state index is 13.5. The van der Waals surface area contributed by atoms with Gasteiger partial charge in [0.05, 0.1) is 12.8 Å². The lowest BCUT2D eigenvalue weighted by Crippen LogP contribution is -2.33. The van der Waals surface area contributed by atoms with Gasteiger partial charge in [0.15, 0.2) is 6.10 Å². The molecule has 0 aliphatic heterocycles. The fourth-order valence-electron chi connectivity index (χ4n) is 4.10. The molecular formula is C29H38N2O3. The van der Waals surface area contributed by atoms with Crippen LogP contribution in [0.1, 0.15) is 77.2 Å². The van der Waals surface area contributed by atoms with Gasteiger partial charge in [-0.1, -0.05) is 64.7 Å². The second-order valence-corrected chi connectivity index (χ2v) is 8.92. The van der Waals surface area contributed by atoms with Crippen molar-refractivity contribution in [3.05, 3.63) is 60.4 Å². The summed E-state index contributed by atoms with van der Waals surface area (Å²) in [7, 11) is 1.60. The number of hydrogen-bond donors (Lipinski definition) is 1. The van der Waals surface area contributed by atoms with E-state index in [2.05, 4.69) is 43.2 Å². The number of amides is 1. The molecule has 3 aromatic rings. The largest absolute Gasteiger partial charge is 0.495 e. The summed E-state index contributed by atoms with van der Waals surface area (Å²) in [6, 6.07) is 13.9. The van der Waals surface area contributed by atoms with Gasteiger partial charge in [-0.25, -0.2) is 0 Å². The Hall–Kier alpha value is -3.08. The number of unbranched alkanes of at least 4 members (excludes halogenated alkanes) is 4. The maximum Gasteiger partial charge on any atom is 0.265 e. The van der Waals surface area contributed by atoms with Crippen LogP contribution in [0.4, 0.5) is 5.69 Å². The predicted octanol–water partition coefficient (Wildman–Crippen LogP) is 7.50. The monoisotopic (exact) mass is 462 g/mol. The first-order valence-electron chi connectivity index (χ1n) is 12.6. The van der Waals surface area contributed by atoms with Gasteiger partial charge >= 0.3 is 0 Å². The molecule has 2 unspecified atom stereocenters. The molecule has 34 heavy (non-hydrogen) atoms. The number of nitrogens with zero attached hydrogens (tertiary/aromatic N) is 1. The number of nitrogens with one attached hydrogen (secondary N) is 1. The van der Waals surface area contributed by atoms with Gasteiger partial charge in [-0.05, 0) is 60.4 Å². The van der Waals surface area contributed by atoms with Crippen molar-refractivity contribution in [3.8, 4) is 11.5 Å². The molecule has 0 fully saturated rings. The van der Waals surface area contributed by atoms with E-state index in [1.165, 1.54) is 24.8 Å². The highest BCUT2D eigenvalue weighted by Crippen LogP contribution is 2.33. The number of carbonyl (C=O) groups excluding carboxylic acids is 1. The molecule has 3 rings (SSSR count). The molecular weight excluding hydrogens is 424 g/mol. The Kier molecular flexibility index (Phi) is 9.75. The van der Waals surface area contributed by atoms with E-state index in [9.17, 15) is 4.79 Å². The van der Waals surface area contributed by atoms with Crippen LogP contribution in [0.3, 0.4) is 0 Å². The Morgan fingerprint density at radius 3 is 2.47 bits per heavy atom. The summed E-state index contributed by atoms with van der Waals surface area (Å²) in [5, 5.41) is 4.92. The summed E-state index contributed by atoms with van der Waals surface area (Å²) in [6.45, 7) is 6.61. The summed E-state index contributed by atoms with van der Waals surface area (Å²) >= 11 is 0. The number of methoxy groups -OCH3 is 1. The maximum atomic E-state index is 13.5. The SMILES string of the molecule is CCCCCCCC(Oc1ccc(C(C)CC)cc1)C(=O)Nc1c(OC)ccc2ccncc12. The molecule has 2 atom stereocenters. The van der Waals surface area contributed by atoms with E-state index in [0.717, 1.165) is 30.0 Å². The average molecular weight is 463 g/mol.